The lowest BCUT2D eigenvalue weighted by molar-refractivity contribution is -0.123. The molecule has 0 aliphatic heterocycles. The third-order valence-electron chi connectivity index (χ3n) is 3.31. The van der Waals surface area contributed by atoms with Crippen molar-refractivity contribution in [2.75, 3.05) is 12.4 Å². The van der Waals surface area contributed by atoms with E-state index in [9.17, 15) is 9.59 Å². The number of fused-ring (bicyclic) bond motifs is 1. The number of hydrogen-bond donors (Lipinski definition) is 2. The molecule has 1 amide bonds. The number of esters is 1. The van der Waals surface area contributed by atoms with Gasteiger partial charge in [-0.05, 0) is 25.1 Å². The number of aromatic nitrogens is 1. The molecule has 0 saturated heterocycles. The van der Waals surface area contributed by atoms with Gasteiger partial charge in [-0.2, -0.15) is 0 Å². The Hall–Kier alpha value is -2.30. The molecule has 5 heteroatoms. The summed E-state index contributed by atoms with van der Waals surface area (Å²) in [5.74, 6) is -0.466. The molecule has 1 aromatic heterocycles. The lowest BCUT2D eigenvalue weighted by atomic mass is 9.95. The Balaban J connectivity index is 2.46. The SMILES string of the molecule is COC(=O)c1c(C)[nH]c2ccc(NC(=O)C(C)(C)C)cc12. The third-order valence-corrected chi connectivity index (χ3v) is 3.31. The summed E-state index contributed by atoms with van der Waals surface area (Å²) in [5.41, 5.74) is 2.26. The first-order chi connectivity index (χ1) is 9.74. The van der Waals surface area contributed by atoms with Crippen molar-refractivity contribution in [3.63, 3.8) is 0 Å². The molecule has 0 fully saturated rings. The van der Waals surface area contributed by atoms with Gasteiger partial charge < -0.3 is 15.0 Å². The highest BCUT2D eigenvalue weighted by Gasteiger charge is 2.22. The fourth-order valence-electron chi connectivity index (χ4n) is 2.09. The van der Waals surface area contributed by atoms with E-state index in [4.69, 9.17) is 4.74 Å². The van der Waals surface area contributed by atoms with Crippen LogP contribution >= 0.6 is 0 Å². The van der Waals surface area contributed by atoms with Crippen molar-refractivity contribution in [2.24, 2.45) is 5.41 Å². The van der Waals surface area contributed by atoms with Crippen LogP contribution in [0.15, 0.2) is 18.2 Å². The molecule has 21 heavy (non-hydrogen) atoms. The minimum Gasteiger partial charge on any atom is -0.465 e. The zero-order valence-corrected chi connectivity index (χ0v) is 13.0. The monoisotopic (exact) mass is 288 g/mol. The van der Waals surface area contributed by atoms with Gasteiger partial charge in [-0.1, -0.05) is 20.8 Å². The van der Waals surface area contributed by atoms with E-state index in [0.717, 1.165) is 16.6 Å². The number of aryl methyl sites for hydroxylation is 1. The second-order valence-electron chi connectivity index (χ2n) is 6.08. The second kappa shape index (κ2) is 5.24. The Morgan fingerprint density at radius 2 is 1.90 bits per heavy atom. The fraction of sp³-hybridized carbons (Fsp3) is 0.375. The molecule has 0 bridgehead atoms. The van der Waals surface area contributed by atoms with Crippen molar-refractivity contribution < 1.29 is 14.3 Å². The molecular formula is C16H20N2O3. The Kier molecular flexibility index (Phi) is 3.77. The molecular weight excluding hydrogens is 268 g/mol. The van der Waals surface area contributed by atoms with E-state index < -0.39 is 11.4 Å². The molecule has 1 aromatic carbocycles. The van der Waals surface area contributed by atoms with Gasteiger partial charge >= 0.3 is 5.97 Å². The summed E-state index contributed by atoms with van der Waals surface area (Å²) >= 11 is 0. The summed E-state index contributed by atoms with van der Waals surface area (Å²) in [6.07, 6.45) is 0. The lowest BCUT2D eigenvalue weighted by Crippen LogP contribution is -2.27. The van der Waals surface area contributed by atoms with Gasteiger partial charge in [-0.3, -0.25) is 4.79 Å². The number of aromatic amines is 1. The first-order valence-electron chi connectivity index (χ1n) is 6.76. The molecule has 0 atom stereocenters. The predicted octanol–water partition coefficient (Wildman–Crippen LogP) is 3.25. The van der Waals surface area contributed by atoms with Gasteiger partial charge in [-0.25, -0.2) is 4.79 Å². The van der Waals surface area contributed by atoms with Crippen LogP contribution in [0.2, 0.25) is 0 Å². The lowest BCUT2D eigenvalue weighted by Gasteiger charge is -2.17. The van der Waals surface area contributed by atoms with E-state index in [1.165, 1.54) is 7.11 Å². The predicted molar refractivity (Wildman–Crippen MR) is 82.5 cm³/mol. The number of carbonyl (C=O) groups excluding carboxylic acids is 2. The van der Waals surface area contributed by atoms with E-state index in [2.05, 4.69) is 10.3 Å². The number of ether oxygens (including phenoxy) is 1. The van der Waals surface area contributed by atoms with Crippen LogP contribution in [-0.2, 0) is 9.53 Å². The molecule has 0 aliphatic rings. The molecule has 0 saturated carbocycles. The van der Waals surface area contributed by atoms with Crippen molar-refractivity contribution in [1.29, 1.82) is 0 Å². The molecule has 2 aromatic rings. The quantitative estimate of drug-likeness (QED) is 0.833. The summed E-state index contributed by atoms with van der Waals surface area (Å²) in [6.45, 7) is 7.36. The highest BCUT2D eigenvalue weighted by Crippen LogP contribution is 2.27. The number of H-pyrrole nitrogens is 1. The van der Waals surface area contributed by atoms with Gasteiger partial charge in [-0.15, -0.1) is 0 Å². The maximum absolute atomic E-state index is 12.0. The maximum Gasteiger partial charge on any atom is 0.340 e. The number of rotatable bonds is 2. The molecule has 0 radical (unpaired) electrons. The standard InChI is InChI=1S/C16H20N2O3/c1-9-13(14(19)21-5)11-8-10(6-7-12(11)17-9)18-15(20)16(2,3)4/h6-8,17H,1-5H3,(H,18,20). The summed E-state index contributed by atoms with van der Waals surface area (Å²) in [7, 11) is 1.35. The highest BCUT2D eigenvalue weighted by atomic mass is 16.5. The van der Waals surface area contributed by atoms with E-state index in [1.54, 1.807) is 6.07 Å². The van der Waals surface area contributed by atoms with E-state index in [0.29, 0.717) is 11.3 Å². The van der Waals surface area contributed by atoms with Crippen LogP contribution < -0.4 is 5.32 Å². The number of benzene rings is 1. The molecule has 0 unspecified atom stereocenters. The third kappa shape index (κ3) is 2.91. The molecule has 2 N–H and O–H groups in total. The summed E-state index contributed by atoms with van der Waals surface area (Å²) in [4.78, 5) is 27.1. The van der Waals surface area contributed by atoms with Crippen molar-refractivity contribution in [3.05, 3.63) is 29.5 Å². The zero-order valence-electron chi connectivity index (χ0n) is 13.0. The van der Waals surface area contributed by atoms with Crippen LogP contribution in [0.25, 0.3) is 10.9 Å². The average molecular weight is 288 g/mol. The van der Waals surface area contributed by atoms with Gasteiger partial charge in [0.2, 0.25) is 5.91 Å². The fourth-order valence-corrected chi connectivity index (χ4v) is 2.09. The average Bonchev–Trinajstić information content (AvgIpc) is 2.72. The second-order valence-corrected chi connectivity index (χ2v) is 6.08. The molecule has 5 nitrogen and oxygen atoms in total. The smallest absolute Gasteiger partial charge is 0.340 e. The topological polar surface area (TPSA) is 71.2 Å². The Bertz CT molecular complexity index is 708. The van der Waals surface area contributed by atoms with E-state index in [1.807, 2.05) is 39.8 Å². The van der Waals surface area contributed by atoms with Gasteiger partial charge in [0.25, 0.3) is 0 Å². The van der Waals surface area contributed by atoms with Crippen LogP contribution in [-0.4, -0.2) is 24.0 Å². The molecule has 2 rings (SSSR count). The van der Waals surface area contributed by atoms with Gasteiger partial charge in [0.15, 0.2) is 0 Å². The van der Waals surface area contributed by atoms with Gasteiger partial charge in [0, 0.05) is 27.7 Å². The number of anilines is 1. The zero-order chi connectivity index (χ0) is 15.8. The Morgan fingerprint density at radius 1 is 1.24 bits per heavy atom. The Labute approximate surface area is 123 Å². The number of hydrogen-bond acceptors (Lipinski definition) is 3. The summed E-state index contributed by atoms with van der Waals surface area (Å²) in [5, 5.41) is 3.60. The van der Waals surface area contributed by atoms with Crippen LogP contribution in [0, 0.1) is 12.3 Å². The normalized spacial score (nSPS) is 11.5. The Morgan fingerprint density at radius 3 is 2.48 bits per heavy atom. The van der Waals surface area contributed by atoms with E-state index >= 15 is 0 Å². The van der Waals surface area contributed by atoms with Gasteiger partial charge in [0.1, 0.15) is 0 Å². The number of carbonyl (C=O) groups is 2. The summed E-state index contributed by atoms with van der Waals surface area (Å²) in [6, 6.07) is 5.44. The number of amides is 1. The number of nitrogens with one attached hydrogen (secondary N) is 2. The maximum atomic E-state index is 12.0. The first-order valence-corrected chi connectivity index (χ1v) is 6.76. The highest BCUT2D eigenvalue weighted by molar-refractivity contribution is 6.07. The van der Waals surface area contributed by atoms with Crippen LogP contribution in [0.5, 0.6) is 0 Å². The van der Waals surface area contributed by atoms with Crippen molar-refractivity contribution in [1.82, 2.24) is 4.98 Å². The molecule has 0 spiro atoms. The van der Waals surface area contributed by atoms with Crippen molar-refractivity contribution in [2.45, 2.75) is 27.7 Å². The largest absolute Gasteiger partial charge is 0.465 e. The molecule has 1 heterocycles. The molecule has 112 valence electrons. The molecule has 0 aliphatic carbocycles. The van der Waals surface area contributed by atoms with Gasteiger partial charge in [0.05, 0.1) is 12.7 Å². The number of methoxy groups -OCH3 is 1. The van der Waals surface area contributed by atoms with Crippen molar-refractivity contribution in [3.8, 4) is 0 Å². The van der Waals surface area contributed by atoms with Crippen molar-refractivity contribution >= 4 is 28.5 Å². The van der Waals surface area contributed by atoms with Crippen LogP contribution in [0.3, 0.4) is 0 Å². The van der Waals surface area contributed by atoms with E-state index in [-0.39, 0.29) is 5.91 Å². The van der Waals surface area contributed by atoms with Crippen LogP contribution in [0.4, 0.5) is 5.69 Å². The summed E-state index contributed by atoms with van der Waals surface area (Å²) < 4.78 is 4.81. The minimum absolute atomic E-state index is 0.0753. The first kappa shape index (κ1) is 15.1. The minimum atomic E-state index is -0.478. The van der Waals surface area contributed by atoms with Crippen LogP contribution in [0.1, 0.15) is 36.8 Å².